The molecule has 1 unspecified atom stereocenters. The maximum Gasteiger partial charge on any atom is 0.201 e. The summed E-state index contributed by atoms with van der Waals surface area (Å²) in [5.74, 6) is 1.40. The number of benzene rings is 1. The van der Waals surface area contributed by atoms with E-state index < -0.39 is 0 Å². The predicted molar refractivity (Wildman–Crippen MR) is 81.1 cm³/mol. The van der Waals surface area contributed by atoms with Crippen molar-refractivity contribution in [2.45, 2.75) is 25.8 Å². The molecule has 2 N–H and O–H groups in total. The number of nitrogens with zero attached hydrogens (tertiary/aromatic N) is 3. The van der Waals surface area contributed by atoms with Crippen LogP contribution < -0.4 is 10.5 Å². The fourth-order valence-electron chi connectivity index (χ4n) is 3.11. The molecule has 0 spiro atoms. The van der Waals surface area contributed by atoms with Crippen LogP contribution in [0.15, 0.2) is 18.2 Å². The Balaban J connectivity index is 1.91. The molecule has 5 nitrogen and oxygen atoms in total. The van der Waals surface area contributed by atoms with E-state index in [1.54, 1.807) is 7.11 Å². The molecule has 1 saturated heterocycles. The Bertz CT molecular complexity index is 601. The molecule has 0 radical (unpaired) electrons. The number of likely N-dealkylation sites (tertiary alicyclic amines) is 1. The van der Waals surface area contributed by atoms with E-state index in [4.69, 9.17) is 10.5 Å². The molecular formula is C15H22N4O. The fraction of sp³-hybridized carbons (Fsp3) is 0.533. The average Bonchev–Trinajstić information content (AvgIpc) is 3.03. The van der Waals surface area contributed by atoms with Gasteiger partial charge in [0.15, 0.2) is 0 Å². The van der Waals surface area contributed by atoms with Gasteiger partial charge in [-0.2, -0.15) is 0 Å². The fourth-order valence-corrected chi connectivity index (χ4v) is 3.11. The lowest BCUT2D eigenvalue weighted by molar-refractivity contribution is 0.291. The highest BCUT2D eigenvalue weighted by Crippen LogP contribution is 2.27. The standard InChI is InChI=1S/C15H22N4O/c1-11(10-18-7-3-4-8-18)19-14-6-5-12(20-2)9-13(14)17-15(19)16/h5-6,9,11H,3-4,7-8,10H2,1-2H3,(H2,16,17). The van der Waals surface area contributed by atoms with Crippen LogP contribution in [0.4, 0.5) is 5.95 Å². The highest BCUT2D eigenvalue weighted by atomic mass is 16.5. The van der Waals surface area contributed by atoms with Crippen molar-refractivity contribution in [1.29, 1.82) is 0 Å². The van der Waals surface area contributed by atoms with Crippen molar-refractivity contribution >= 4 is 17.0 Å². The first kappa shape index (κ1) is 13.2. The van der Waals surface area contributed by atoms with Crippen LogP contribution in [0.5, 0.6) is 5.75 Å². The summed E-state index contributed by atoms with van der Waals surface area (Å²) in [6.45, 7) is 5.64. The van der Waals surface area contributed by atoms with Crippen LogP contribution in [-0.4, -0.2) is 41.2 Å². The van der Waals surface area contributed by atoms with E-state index in [9.17, 15) is 0 Å². The second kappa shape index (κ2) is 5.32. The van der Waals surface area contributed by atoms with Crippen molar-refractivity contribution in [3.8, 4) is 5.75 Å². The van der Waals surface area contributed by atoms with Crippen molar-refractivity contribution in [1.82, 2.24) is 14.5 Å². The predicted octanol–water partition coefficient (Wildman–Crippen LogP) is 2.28. The summed E-state index contributed by atoms with van der Waals surface area (Å²) in [5.41, 5.74) is 8.09. The van der Waals surface area contributed by atoms with Gasteiger partial charge < -0.3 is 19.9 Å². The number of nitrogens with two attached hydrogens (primary N) is 1. The van der Waals surface area contributed by atoms with Crippen LogP contribution in [0, 0.1) is 0 Å². The smallest absolute Gasteiger partial charge is 0.201 e. The first-order valence-electron chi connectivity index (χ1n) is 7.23. The van der Waals surface area contributed by atoms with Gasteiger partial charge in [0.05, 0.1) is 18.1 Å². The molecule has 2 aromatic rings. The Morgan fingerprint density at radius 2 is 2.10 bits per heavy atom. The number of fused-ring (bicyclic) bond motifs is 1. The summed E-state index contributed by atoms with van der Waals surface area (Å²) < 4.78 is 7.37. The van der Waals surface area contributed by atoms with E-state index in [2.05, 4.69) is 21.4 Å². The number of hydrogen-bond acceptors (Lipinski definition) is 4. The minimum Gasteiger partial charge on any atom is -0.497 e. The molecule has 1 aromatic heterocycles. The Kier molecular flexibility index (Phi) is 3.53. The summed E-state index contributed by atoms with van der Waals surface area (Å²) in [4.78, 5) is 6.96. The van der Waals surface area contributed by atoms with E-state index >= 15 is 0 Å². The van der Waals surface area contributed by atoms with Gasteiger partial charge in [0.2, 0.25) is 5.95 Å². The van der Waals surface area contributed by atoms with Crippen molar-refractivity contribution in [2.75, 3.05) is 32.5 Å². The lowest BCUT2D eigenvalue weighted by Crippen LogP contribution is -2.27. The van der Waals surface area contributed by atoms with Crippen molar-refractivity contribution in [3.05, 3.63) is 18.2 Å². The third kappa shape index (κ3) is 2.33. The Hall–Kier alpha value is -1.75. The van der Waals surface area contributed by atoms with Gasteiger partial charge in [0.25, 0.3) is 0 Å². The van der Waals surface area contributed by atoms with Gasteiger partial charge in [-0.05, 0) is 45.0 Å². The Morgan fingerprint density at radius 1 is 1.35 bits per heavy atom. The average molecular weight is 274 g/mol. The molecule has 0 amide bonds. The highest BCUT2D eigenvalue weighted by molar-refractivity contribution is 5.80. The number of nitrogen functional groups attached to an aromatic ring is 1. The van der Waals surface area contributed by atoms with E-state index in [0.29, 0.717) is 12.0 Å². The quantitative estimate of drug-likeness (QED) is 0.929. The van der Waals surface area contributed by atoms with Gasteiger partial charge in [0, 0.05) is 18.7 Å². The van der Waals surface area contributed by atoms with E-state index in [-0.39, 0.29) is 0 Å². The summed E-state index contributed by atoms with van der Waals surface area (Å²) in [5, 5.41) is 0. The van der Waals surface area contributed by atoms with Crippen LogP contribution in [-0.2, 0) is 0 Å². The summed E-state index contributed by atoms with van der Waals surface area (Å²) in [6.07, 6.45) is 2.62. The van der Waals surface area contributed by atoms with Gasteiger partial charge >= 0.3 is 0 Å². The highest BCUT2D eigenvalue weighted by Gasteiger charge is 2.19. The number of aromatic nitrogens is 2. The van der Waals surface area contributed by atoms with Crippen LogP contribution in [0.2, 0.25) is 0 Å². The Morgan fingerprint density at radius 3 is 2.80 bits per heavy atom. The third-order valence-corrected chi connectivity index (χ3v) is 4.09. The van der Waals surface area contributed by atoms with Crippen LogP contribution in [0.1, 0.15) is 25.8 Å². The zero-order valence-electron chi connectivity index (χ0n) is 12.2. The second-order valence-electron chi connectivity index (χ2n) is 5.55. The molecule has 1 aromatic carbocycles. The Labute approximate surface area is 119 Å². The number of ether oxygens (including phenoxy) is 1. The summed E-state index contributed by atoms with van der Waals surface area (Å²) in [7, 11) is 1.66. The van der Waals surface area contributed by atoms with Gasteiger partial charge in [-0.3, -0.25) is 0 Å². The van der Waals surface area contributed by atoms with Gasteiger partial charge in [-0.15, -0.1) is 0 Å². The topological polar surface area (TPSA) is 56.3 Å². The molecule has 1 fully saturated rings. The van der Waals surface area contributed by atoms with Crippen molar-refractivity contribution < 1.29 is 4.74 Å². The maximum atomic E-state index is 6.11. The largest absolute Gasteiger partial charge is 0.497 e. The number of rotatable bonds is 4. The van der Waals surface area contributed by atoms with E-state index in [1.807, 2.05) is 18.2 Å². The number of imidazole rings is 1. The van der Waals surface area contributed by atoms with E-state index in [0.717, 1.165) is 23.3 Å². The molecular weight excluding hydrogens is 252 g/mol. The van der Waals surface area contributed by atoms with Crippen LogP contribution in [0.3, 0.4) is 0 Å². The molecule has 5 heteroatoms. The van der Waals surface area contributed by atoms with Gasteiger partial charge in [0.1, 0.15) is 5.75 Å². The van der Waals surface area contributed by atoms with Crippen molar-refractivity contribution in [3.63, 3.8) is 0 Å². The molecule has 0 saturated carbocycles. The monoisotopic (exact) mass is 274 g/mol. The SMILES string of the molecule is COc1ccc2c(c1)nc(N)n2C(C)CN1CCCC1. The van der Waals surface area contributed by atoms with E-state index in [1.165, 1.54) is 25.9 Å². The maximum absolute atomic E-state index is 6.11. The minimum absolute atomic E-state index is 0.325. The lowest BCUT2D eigenvalue weighted by Gasteiger charge is -2.22. The molecule has 1 aliphatic heterocycles. The number of hydrogen-bond donors (Lipinski definition) is 1. The molecule has 0 aliphatic carbocycles. The van der Waals surface area contributed by atoms with Gasteiger partial charge in [-0.25, -0.2) is 4.98 Å². The summed E-state index contributed by atoms with van der Waals surface area (Å²) in [6, 6.07) is 6.26. The normalized spacial score (nSPS) is 17.7. The molecule has 2 heterocycles. The molecule has 1 atom stereocenters. The van der Waals surface area contributed by atoms with Gasteiger partial charge in [-0.1, -0.05) is 0 Å². The summed E-state index contributed by atoms with van der Waals surface area (Å²) >= 11 is 0. The zero-order chi connectivity index (χ0) is 14.1. The first-order chi connectivity index (χ1) is 9.69. The van der Waals surface area contributed by atoms with Crippen molar-refractivity contribution in [2.24, 2.45) is 0 Å². The number of methoxy groups -OCH3 is 1. The number of anilines is 1. The lowest BCUT2D eigenvalue weighted by atomic mass is 10.2. The molecule has 20 heavy (non-hydrogen) atoms. The molecule has 0 bridgehead atoms. The minimum atomic E-state index is 0.325. The second-order valence-corrected chi connectivity index (χ2v) is 5.55. The molecule has 3 rings (SSSR count). The third-order valence-electron chi connectivity index (χ3n) is 4.09. The molecule has 1 aliphatic rings. The first-order valence-corrected chi connectivity index (χ1v) is 7.23. The molecule has 108 valence electrons. The zero-order valence-corrected chi connectivity index (χ0v) is 12.2. The van der Waals surface area contributed by atoms with Crippen LogP contribution >= 0.6 is 0 Å². The van der Waals surface area contributed by atoms with Crippen LogP contribution in [0.25, 0.3) is 11.0 Å².